The highest BCUT2D eigenvalue weighted by atomic mass is 35.5. The molecule has 5 heteroatoms. The summed E-state index contributed by atoms with van der Waals surface area (Å²) in [5.74, 6) is 3.10. The Morgan fingerprint density at radius 2 is 2.19 bits per heavy atom. The molecule has 3 rings (SSSR count). The van der Waals surface area contributed by atoms with Crippen molar-refractivity contribution in [3.63, 3.8) is 0 Å². The molecule has 1 spiro atoms. The van der Waals surface area contributed by atoms with Gasteiger partial charge in [0.2, 0.25) is 0 Å². The first-order chi connectivity index (χ1) is 10.2. The average molecular weight is 329 g/mol. The maximum Gasteiger partial charge on any atom is 0.125 e. The summed E-state index contributed by atoms with van der Waals surface area (Å²) >= 11 is 7.97. The van der Waals surface area contributed by atoms with Crippen LogP contribution in [0, 0.1) is 0 Å². The van der Waals surface area contributed by atoms with E-state index in [0.29, 0.717) is 5.02 Å². The molecule has 0 aromatic heterocycles. The summed E-state index contributed by atoms with van der Waals surface area (Å²) in [6.07, 6.45) is 4.24. The zero-order valence-electron chi connectivity index (χ0n) is 12.0. The lowest BCUT2D eigenvalue weighted by molar-refractivity contribution is -0.116. The van der Waals surface area contributed by atoms with E-state index in [1.807, 2.05) is 23.9 Å². The molecule has 2 fully saturated rings. The molecule has 0 radical (unpaired) electrons. The lowest BCUT2D eigenvalue weighted by Gasteiger charge is -2.43. The molecule has 0 saturated carbocycles. The van der Waals surface area contributed by atoms with Crippen LogP contribution in [0.1, 0.15) is 31.2 Å². The maximum atomic E-state index is 9.45. The molecule has 1 N–H and O–H groups in total. The molecule has 1 aromatic carbocycles. The van der Waals surface area contributed by atoms with Crippen molar-refractivity contribution in [3.8, 4) is 5.75 Å². The Hall–Kier alpha value is -0.420. The minimum Gasteiger partial charge on any atom is -0.490 e. The van der Waals surface area contributed by atoms with Crippen LogP contribution >= 0.6 is 23.4 Å². The number of rotatable bonds is 3. The maximum absolute atomic E-state index is 9.45. The van der Waals surface area contributed by atoms with E-state index in [0.717, 1.165) is 43.6 Å². The van der Waals surface area contributed by atoms with Crippen LogP contribution in [0.15, 0.2) is 18.2 Å². The molecule has 1 atom stereocenters. The monoisotopic (exact) mass is 328 g/mol. The number of ether oxygens (including phenoxy) is 2. The molecule has 0 amide bonds. The summed E-state index contributed by atoms with van der Waals surface area (Å²) in [5.41, 5.74) is 0.766. The third-order valence-electron chi connectivity index (χ3n) is 4.34. The van der Waals surface area contributed by atoms with Gasteiger partial charge < -0.3 is 14.6 Å². The molecule has 2 heterocycles. The van der Waals surface area contributed by atoms with Crippen LogP contribution in [0.5, 0.6) is 5.75 Å². The van der Waals surface area contributed by atoms with Gasteiger partial charge in [-0.1, -0.05) is 11.6 Å². The molecule has 21 heavy (non-hydrogen) atoms. The molecule has 2 aliphatic heterocycles. The van der Waals surface area contributed by atoms with E-state index in [2.05, 4.69) is 0 Å². The third-order valence-corrected chi connectivity index (χ3v) is 5.56. The fourth-order valence-electron chi connectivity index (χ4n) is 3.14. The molecular formula is C16H21ClO3S. The van der Waals surface area contributed by atoms with E-state index >= 15 is 0 Å². The van der Waals surface area contributed by atoms with Gasteiger partial charge in [0.15, 0.2) is 0 Å². The van der Waals surface area contributed by atoms with Gasteiger partial charge in [-0.25, -0.2) is 0 Å². The minimum absolute atomic E-state index is 0.0139. The van der Waals surface area contributed by atoms with E-state index in [1.54, 1.807) is 6.07 Å². The first-order valence-electron chi connectivity index (χ1n) is 7.48. The van der Waals surface area contributed by atoms with Gasteiger partial charge >= 0.3 is 0 Å². The predicted octanol–water partition coefficient (Wildman–Crippen LogP) is 3.66. The zero-order valence-corrected chi connectivity index (χ0v) is 13.6. The highest BCUT2D eigenvalue weighted by molar-refractivity contribution is 7.99. The van der Waals surface area contributed by atoms with Gasteiger partial charge in [0.25, 0.3) is 0 Å². The van der Waals surface area contributed by atoms with Gasteiger partial charge in [0.05, 0.1) is 18.8 Å². The largest absolute Gasteiger partial charge is 0.490 e. The smallest absolute Gasteiger partial charge is 0.125 e. The van der Waals surface area contributed by atoms with Gasteiger partial charge in [0.1, 0.15) is 11.9 Å². The molecule has 0 aliphatic carbocycles. The Morgan fingerprint density at radius 3 is 2.95 bits per heavy atom. The quantitative estimate of drug-likeness (QED) is 0.919. The Morgan fingerprint density at radius 1 is 1.38 bits per heavy atom. The van der Waals surface area contributed by atoms with Crippen molar-refractivity contribution in [3.05, 3.63) is 28.8 Å². The number of aliphatic hydroxyl groups is 1. The Balaban J connectivity index is 1.70. The highest BCUT2D eigenvalue weighted by Gasteiger charge is 2.39. The average Bonchev–Trinajstić information content (AvgIpc) is 2.50. The van der Waals surface area contributed by atoms with Crippen LogP contribution < -0.4 is 4.74 Å². The van der Waals surface area contributed by atoms with Crippen molar-refractivity contribution in [1.29, 1.82) is 0 Å². The molecule has 1 aromatic rings. The number of benzene rings is 1. The van der Waals surface area contributed by atoms with Gasteiger partial charge in [0, 0.05) is 23.4 Å². The van der Waals surface area contributed by atoms with Gasteiger partial charge in [-0.15, -0.1) is 0 Å². The molecule has 116 valence electrons. The number of halogens is 1. The van der Waals surface area contributed by atoms with Crippen molar-refractivity contribution in [2.24, 2.45) is 0 Å². The van der Waals surface area contributed by atoms with E-state index in [9.17, 15) is 5.11 Å². The van der Waals surface area contributed by atoms with Crippen molar-refractivity contribution < 1.29 is 14.6 Å². The SMILES string of the molecule is OCc1cc(Cl)ccc1OC1CCOC2(CCSCC2)C1. The zero-order chi connectivity index (χ0) is 14.7. The summed E-state index contributed by atoms with van der Waals surface area (Å²) < 4.78 is 12.2. The van der Waals surface area contributed by atoms with Crippen LogP contribution in [0.2, 0.25) is 5.02 Å². The van der Waals surface area contributed by atoms with Gasteiger partial charge in [-0.2, -0.15) is 11.8 Å². The number of hydrogen-bond acceptors (Lipinski definition) is 4. The lowest BCUT2D eigenvalue weighted by atomic mass is 9.86. The number of thioether (sulfide) groups is 1. The fourth-order valence-corrected chi connectivity index (χ4v) is 4.57. The third kappa shape index (κ3) is 3.67. The summed E-state index contributed by atoms with van der Waals surface area (Å²) in [4.78, 5) is 0. The summed E-state index contributed by atoms with van der Waals surface area (Å²) in [5, 5.41) is 10.1. The normalized spacial score (nSPS) is 25.0. The molecule has 2 saturated heterocycles. The van der Waals surface area contributed by atoms with Crippen molar-refractivity contribution in [2.45, 2.75) is 44.0 Å². The lowest BCUT2D eigenvalue weighted by Crippen LogP contribution is -2.46. The molecule has 0 bridgehead atoms. The Kier molecular flexibility index (Phi) is 4.99. The molecule has 1 unspecified atom stereocenters. The predicted molar refractivity (Wildman–Crippen MR) is 86.3 cm³/mol. The van der Waals surface area contributed by atoms with E-state index < -0.39 is 0 Å². The van der Waals surface area contributed by atoms with Crippen LogP contribution in [0.4, 0.5) is 0 Å². The molecule has 3 nitrogen and oxygen atoms in total. The second-order valence-electron chi connectivity index (χ2n) is 5.79. The Labute approximate surface area is 135 Å². The standard InChI is InChI=1S/C16H21ClO3S/c17-13-1-2-15(12(9-13)11-18)20-14-3-6-19-16(10-14)4-7-21-8-5-16/h1-2,9,14,18H,3-8,10-11H2. The van der Waals surface area contributed by atoms with E-state index in [-0.39, 0.29) is 18.3 Å². The second-order valence-corrected chi connectivity index (χ2v) is 7.45. The van der Waals surface area contributed by atoms with E-state index in [1.165, 1.54) is 11.5 Å². The fraction of sp³-hybridized carbons (Fsp3) is 0.625. The molecular weight excluding hydrogens is 308 g/mol. The van der Waals surface area contributed by atoms with Gasteiger partial charge in [-0.3, -0.25) is 0 Å². The topological polar surface area (TPSA) is 38.7 Å². The summed E-state index contributed by atoms with van der Waals surface area (Å²) in [6, 6.07) is 5.43. The van der Waals surface area contributed by atoms with Crippen LogP contribution in [0.25, 0.3) is 0 Å². The Bertz CT molecular complexity index is 483. The number of aliphatic hydroxyl groups excluding tert-OH is 1. The molecule has 2 aliphatic rings. The summed E-state index contributed by atoms with van der Waals surface area (Å²) in [7, 11) is 0. The van der Waals surface area contributed by atoms with Crippen molar-refractivity contribution >= 4 is 23.4 Å². The first-order valence-corrected chi connectivity index (χ1v) is 9.02. The van der Waals surface area contributed by atoms with Crippen LogP contribution in [0.3, 0.4) is 0 Å². The van der Waals surface area contributed by atoms with Crippen molar-refractivity contribution in [2.75, 3.05) is 18.1 Å². The summed E-state index contributed by atoms with van der Waals surface area (Å²) in [6.45, 7) is 0.707. The van der Waals surface area contributed by atoms with E-state index in [4.69, 9.17) is 21.1 Å². The van der Waals surface area contributed by atoms with Crippen molar-refractivity contribution in [1.82, 2.24) is 0 Å². The number of hydrogen-bond donors (Lipinski definition) is 1. The minimum atomic E-state index is -0.0547. The second kappa shape index (κ2) is 6.78. The van der Waals surface area contributed by atoms with Crippen LogP contribution in [-0.4, -0.2) is 34.9 Å². The van der Waals surface area contributed by atoms with Gasteiger partial charge in [-0.05, 0) is 42.5 Å². The highest BCUT2D eigenvalue weighted by Crippen LogP contribution is 2.39. The van der Waals surface area contributed by atoms with Crippen LogP contribution in [-0.2, 0) is 11.3 Å². The first kappa shape index (κ1) is 15.5.